The number of likely N-dealkylation sites (tertiary alicyclic amines) is 2. The minimum Gasteiger partial charge on any atom is -0.357 e. The van der Waals surface area contributed by atoms with Crippen LogP contribution in [-0.4, -0.2) is 61.6 Å². The molecule has 0 aromatic carbocycles. The Hall–Kier alpha value is -0.0400. The van der Waals surface area contributed by atoms with Crippen molar-refractivity contribution in [3.05, 3.63) is 0 Å². The molecule has 0 aromatic heterocycles. The number of guanidine groups is 1. The second kappa shape index (κ2) is 8.13. The smallest absolute Gasteiger partial charge is 0.193 e. The fourth-order valence-corrected chi connectivity index (χ4v) is 2.26. The van der Waals surface area contributed by atoms with Gasteiger partial charge in [-0.25, -0.2) is 0 Å². The molecule has 17 heavy (non-hydrogen) atoms. The van der Waals surface area contributed by atoms with Crippen molar-refractivity contribution in [2.24, 2.45) is 4.99 Å². The van der Waals surface area contributed by atoms with Crippen molar-refractivity contribution < 1.29 is 0 Å². The van der Waals surface area contributed by atoms with E-state index in [0.29, 0.717) is 0 Å². The van der Waals surface area contributed by atoms with Crippen molar-refractivity contribution in [2.45, 2.75) is 26.2 Å². The van der Waals surface area contributed by atoms with E-state index >= 15 is 0 Å². The van der Waals surface area contributed by atoms with E-state index < -0.39 is 0 Å². The molecule has 0 atom stereocenters. The van der Waals surface area contributed by atoms with Crippen LogP contribution in [0.4, 0.5) is 0 Å². The molecule has 2 aliphatic rings. The fraction of sp³-hybridized carbons (Fsp3) is 0.917. The summed E-state index contributed by atoms with van der Waals surface area (Å²) >= 11 is 0. The average molecular weight is 352 g/mol. The van der Waals surface area contributed by atoms with Gasteiger partial charge in [-0.1, -0.05) is 0 Å². The number of rotatable bonds is 4. The van der Waals surface area contributed by atoms with Gasteiger partial charge in [-0.15, -0.1) is 24.0 Å². The SMILES string of the molecule is CCNC(=NCCN1CCC1)N1CCCC1.I. The van der Waals surface area contributed by atoms with Gasteiger partial charge in [-0.3, -0.25) is 4.99 Å². The third-order valence-electron chi connectivity index (χ3n) is 3.37. The molecule has 2 heterocycles. The standard InChI is InChI=1S/C12H24N4.HI/c1-2-13-12(16-9-3-4-10-16)14-6-11-15-7-5-8-15;/h2-11H2,1H3,(H,13,14);1H. The van der Waals surface area contributed by atoms with E-state index in [-0.39, 0.29) is 24.0 Å². The van der Waals surface area contributed by atoms with Crippen LogP contribution >= 0.6 is 24.0 Å². The number of hydrogen-bond donors (Lipinski definition) is 1. The summed E-state index contributed by atoms with van der Waals surface area (Å²) < 4.78 is 0. The quantitative estimate of drug-likeness (QED) is 0.471. The number of hydrogen-bond acceptors (Lipinski definition) is 2. The summed E-state index contributed by atoms with van der Waals surface area (Å²) in [6.45, 7) is 10.1. The zero-order valence-corrected chi connectivity index (χ0v) is 13.2. The van der Waals surface area contributed by atoms with Crippen LogP contribution in [0.2, 0.25) is 0 Å². The lowest BCUT2D eigenvalue weighted by molar-refractivity contribution is 0.187. The van der Waals surface area contributed by atoms with E-state index in [1.54, 1.807) is 0 Å². The Kier molecular flexibility index (Phi) is 7.18. The molecule has 2 rings (SSSR count). The summed E-state index contributed by atoms with van der Waals surface area (Å²) in [5.41, 5.74) is 0. The molecule has 100 valence electrons. The summed E-state index contributed by atoms with van der Waals surface area (Å²) in [4.78, 5) is 9.56. The van der Waals surface area contributed by atoms with Crippen LogP contribution in [0, 0.1) is 0 Å². The lowest BCUT2D eigenvalue weighted by Crippen LogP contribution is -2.41. The molecule has 2 fully saturated rings. The monoisotopic (exact) mass is 352 g/mol. The van der Waals surface area contributed by atoms with E-state index in [1.165, 1.54) is 45.4 Å². The maximum atomic E-state index is 4.71. The highest BCUT2D eigenvalue weighted by Crippen LogP contribution is 2.08. The molecular weight excluding hydrogens is 327 g/mol. The second-order valence-electron chi connectivity index (χ2n) is 4.63. The van der Waals surface area contributed by atoms with Crippen molar-refractivity contribution in [1.82, 2.24) is 15.1 Å². The van der Waals surface area contributed by atoms with Crippen LogP contribution in [0.15, 0.2) is 4.99 Å². The highest BCUT2D eigenvalue weighted by Gasteiger charge is 2.16. The molecule has 0 aliphatic carbocycles. The van der Waals surface area contributed by atoms with Crippen molar-refractivity contribution >= 4 is 29.9 Å². The summed E-state index contributed by atoms with van der Waals surface area (Å²) in [5, 5.41) is 3.39. The third kappa shape index (κ3) is 4.62. The first-order valence-electron chi connectivity index (χ1n) is 6.66. The van der Waals surface area contributed by atoms with Gasteiger partial charge >= 0.3 is 0 Å². The largest absolute Gasteiger partial charge is 0.357 e. The van der Waals surface area contributed by atoms with Crippen molar-refractivity contribution in [2.75, 3.05) is 45.8 Å². The highest BCUT2D eigenvalue weighted by atomic mass is 127. The Morgan fingerprint density at radius 1 is 1.12 bits per heavy atom. The van der Waals surface area contributed by atoms with E-state index in [2.05, 4.69) is 22.0 Å². The Balaban J connectivity index is 0.00000144. The topological polar surface area (TPSA) is 30.9 Å². The predicted molar refractivity (Wildman–Crippen MR) is 83.3 cm³/mol. The van der Waals surface area contributed by atoms with E-state index in [0.717, 1.165) is 25.6 Å². The molecule has 1 N–H and O–H groups in total. The van der Waals surface area contributed by atoms with Gasteiger partial charge in [0.1, 0.15) is 0 Å². The van der Waals surface area contributed by atoms with Crippen molar-refractivity contribution in [3.8, 4) is 0 Å². The molecule has 0 spiro atoms. The Labute approximate surface area is 122 Å². The maximum Gasteiger partial charge on any atom is 0.193 e. The molecule has 0 amide bonds. The highest BCUT2D eigenvalue weighted by molar-refractivity contribution is 14.0. The van der Waals surface area contributed by atoms with Gasteiger partial charge in [0, 0.05) is 26.2 Å². The van der Waals surface area contributed by atoms with Crippen LogP contribution < -0.4 is 5.32 Å². The molecule has 4 nitrogen and oxygen atoms in total. The molecule has 0 radical (unpaired) electrons. The van der Waals surface area contributed by atoms with Gasteiger partial charge in [0.15, 0.2) is 5.96 Å². The Bertz CT molecular complexity index is 235. The summed E-state index contributed by atoms with van der Waals surface area (Å²) in [6.07, 6.45) is 4.00. The molecule has 0 saturated carbocycles. The van der Waals surface area contributed by atoms with Crippen LogP contribution in [0.5, 0.6) is 0 Å². The summed E-state index contributed by atoms with van der Waals surface area (Å²) in [7, 11) is 0. The van der Waals surface area contributed by atoms with Crippen molar-refractivity contribution in [3.63, 3.8) is 0 Å². The molecule has 5 heteroatoms. The lowest BCUT2D eigenvalue weighted by Gasteiger charge is -2.30. The Morgan fingerprint density at radius 3 is 2.35 bits per heavy atom. The Morgan fingerprint density at radius 2 is 1.82 bits per heavy atom. The van der Waals surface area contributed by atoms with Crippen LogP contribution in [0.1, 0.15) is 26.2 Å². The van der Waals surface area contributed by atoms with Crippen LogP contribution in [-0.2, 0) is 0 Å². The zero-order chi connectivity index (χ0) is 11.2. The third-order valence-corrected chi connectivity index (χ3v) is 3.37. The van der Waals surface area contributed by atoms with Gasteiger partial charge in [-0.2, -0.15) is 0 Å². The zero-order valence-electron chi connectivity index (χ0n) is 10.8. The van der Waals surface area contributed by atoms with Gasteiger partial charge in [-0.05, 0) is 39.3 Å². The average Bonchev–Trinajstić information content (AvgIpc) is 2.73. The first-order valence-corrected chi connectivity index (χ1v) is 6.66. The van der Waals surface area contributed by atoms with Gasteiger partial charge in [0.05, 0.1) is 6.54 Å². The molecule has 0 unspecified atom stereocenters. The number of nitrogens with zero attached hydrogens (tertiary/aromatic N) is 3. The van der Waals surface area contributed by atoms with Crippen molar-refractivity contribution in [1.29, 1.82) is 0 Å². The molecule has 0 aromatic rings. The number of halogens is 1. The summed E-state index contributed by atoms with van der Waals surface area (Å²) in [5.74, 6) is 1.13. The van der Waals surface area contributed by atoms with Gasteiger partial charge < -0.3 is 15.1 Å². The molecule has 2 aliphatic heterocycles. The van der Waals surface area contributed by atoms with Gasteiger partial charge in [0.25, 0.3) is 0 Å². The van der Waals surface area contributed by atoms with Crippen LogP contribution in [0.25, 0.3) is 0 Å². The molecule has 2 saturated heterocycles. The molecule has 0 bridgehead atoms. The number of nitrogens with one attached hydrogen (secondary N) is 1. The van der Waals surface area contributed by atoms with E-state index in [1.807, 2.05) is 0 Å². The minimum absolute atomic E-state index is 0. The number of aliphatic imine (C=N–C) groups is 1. The minimum atomic E-state index is 0. The van der Waals surface area contributed by atoms with E-state index in [9.17, 15) is 0 Å². The molecular formula is C12H25IN4. The summed E-state index contributed by atoms with van der Waals surface area (Å²) in [6, 6.07) is 0. The maximum absolute atomic E-state index is 4.71. The van der Waals surface area contributed by atoms with E-state index in [4.69, 9.17) is 4.99 Å². The predicted octanol–water partition coefficient (Wildman–Crippen LogP) is 1.37. The lowest BCUT2D eigenvalue weighted by atomic mass is 10.2. The first-order chi connectivity index (χ1) is 7.90. The fourth-order valence-electron chi connectivity index (χ4n) is 2.26. The first kappa shape index (κ1) is 15.0. The normalized spacial score (nSPS) is 21.0. The van der Waals surface area contributed by atoms with Crippen LogP contribution in [0.3, 0.4) is 0 Å². The van der Waals surface area contributed by atoms with Gasteiger partial charge in [0.2, 0.25) is 0 Å². The second-order valence-corrected chi connectivity index (χ2v) is 4.63.